The summed E-state index contributed by atoms with van der Waals surface area (Å²) in [6.45, 7) is 8.96. The SMILES string of the molecule is CC(C)(C)CCN1CCCCC1C=O. The van der Waals surface area contributed by atoms with E-state index in [9.17, 15) is 4.79 Å². The third kappa shape index (κ3) is 3.79. The van der Waals surface area contributed by atoms with Crippen molar-refractivity contribution in [2.24, 2.45) is 5.41 Å². The first-order chi connectivity index (χ1) is 6.53. The van der Waals surface area contributed by atoms with Gasteiger partial charge in [-0.25, -0.2) is 0 Å². The second-order valence-corrected chi connectivity index (χ2v) is 5.55. The molecule has 1 heterocycles. The smallest absolute Gasteiger partial charge is 0.137 e. The van der Waals surface area contributed by atoms with Crippen LogP contribution in [-0.4, -0.2) is 30.3 Å². The largest absolute Gasteiger partial charge is 0.302 e. The van der Waals surface area contributed by atoms with Crippen LogP contribution in [0.3, 0.4) is 0 Å². The van der Waals surface area contributed by atoms with E-state index in [0.717, 1.165) is 25.8 Å². The van der Waals surface area contributed by atoms with Crippen LogP contribution in [0.2, 0.25) is 0 Å². The van der Waals surface area contributed by atoms with E-state index in [2.05, 4.69) is 25.7 Å². The standard InChI is InChI=1S/C12H23NO/c1-12(2,3)7-9-13-8-5-4-6-11(13)10-14/h10-11H,4-9H2,1-3H3. The first-order valence-corrected chi connectivity index (χ1v) is 5.72. The van der Waals surface area contributed by atoms with Crippen molar-refractivity contribution in [2.75, 3.05) is 13.1 Å². The summed E-state index contributed by atoms with van der Waals surface area (Å²) < 4.78 is 0. The molecule has 1 unspecified atom stereocenters. The molecule has 1 fully saturated rings. The molecule has 0 radical (unpaired) electrons. The highest BCUT2D eigenvalue weighted by molar-refractivity contribution is 5.57. The molecule has 82 valence electrons. The summed E-state index contributed by atoms with van der Waals surface area (Å²) in [5.74, 6) is 0. The first kappa shape index (κ1) is 11.7. The molecule has 0 saturated carbocycles. The van der Waals surface area contributed by atoms with Gasteiger partial charge < -0.3 is 4.79 Å². The Bertz CT molecular complexity index is 183. The van der Waals surface area contributed by atoms with E-state index in [4.69, 9.17) is 0 Å². The van der Waals surface area contributed by atoms with Gasteiger partial charge in [-0.3, -0.25) is 4.90 Å². The number of carbonyl (C=O) groups excluding carboxylic acids is 1. The molecular weight excluding hydrogens is 174 g/mol. The molecule has 0 aliphatic carbocycles. The van der Waals surface area contributed by atoms with Crippen molar-refractivity contribution in [1.29, 1.82) is 0 Å². The summed E-state index contributed by atoms with van der Waals surface area (Å²) in [7, 11) is 0. The molecule has 0 N–H and O–H groups in total. The van der Waals surface area contributed by atoms with Gasteiger partial charge in [0.2, 0.25) is 0 Å². The van der Waals surface area contributed by atoms with Crippen molar-refractivity contribution in [3.05, 3.63) is 0 Å². The molecule has 1 aliphatic heterocycles. The Balaban J connectivity index is 2.37. The summed E-state index contributed by atoms with van der Waals surface area (Å²) in [6.07, 6.45) is 5.84. The second-order valence-electron chi connectivity index (χ2n) is 5.55. The summed E-state index contributed by atoms with van der Waals surface area (Å²) in [5, 5.41) is 0. The Kier molecular flexibility index (Phi) is 4.11. The Morgan fingerprint density at radius 1 is 1.36 bits per heavy atom. The molecule has 0 bridgehead atoms. The highest BCUT2D eigenvalue weighted by Gasteiger charge is 2.22. The maximum Gasteiger partial charge on any atom is 0.137 e. The van der Waals surface area contributed by atoms with Gasteiger partial charge in [0, 0.05) is 0 Å². The van der Waals surface area contributed by atoms with Crippen LogP contribution in [0.5, 0.6) is 0 Å². The van der Waals surface area contributed by atoms with Crippen LogP contribution in [0.1, 0.15) is 46.5 Å². The zero-order valence-corrected chi connectivity index (χ0v) is 9.75. The first-order valence-electron chi connectivity index (χ1n) is 5.72. The number of aldehydes is 1. The minimum atomic E-state index is 0.200. The average Bonchev–Trinajstić information content (AvgIpc) is 2.14. The van der Waals surface area contributed by atoms with Crippen molar-refractivity contribution in [2.45, 2.75) is 52.5 Å². The van der Waals surface area contributed by atoms with Gasteiger partial charge in [0.05, 0.1) is 6.04 Å². The molecule has 0 aromatic carbocycles. The molecule has 2 nitrogen and oxygen atoms in total. The van der Waals surface area contributed by atoms with Crippen LogP contribution in [0.25, 0.3) is 0 Å². The van der Waals surface area contributed by atoms with Gasteiger partial charge in [0.25, 0.3) is 0 Å². The molecule has 14 heavy (non-hydrogen) atoms. The fourth-order valence-corrected chi connectivity index (χ4v) is 1.93. The number of hydrogen-bond acceptors (Lipinski definition) is 2. The molecule has 1 atom stereocenters. The van der Waals surface area contributed by atoms with Crippen LogP contribution < -0.4 is 0 Å². The van der Waals surface area contributed by atoms with Crippen LogP contribution in [-0.2, 0) is 4.79 Å². The Morgan fingerprint density at radius 2 is 2.07 bits per heavy atom. The lowest BCUT2D eigenvalue weighted by Crippen LogP contribution is -2.41. The molecule has 1 rings (SSSR count). The summed E-state index contributed by atoms with van der Waals surface area (Å²) in [4.78, 5) is 13.2. The third-order valence-corrected chi connectivity index (χ3v) is 2.97. The molecule has 0 aromatic heterocycles. The minimum Gasteiger partial charge on any atom is -0.302 e. The van der Waals surface area contributed by atoms with E-state index in [1.807, 2.05) is 0 Å². The van der Waals surface area contributed by atoms with Gasteiger partial charge in [0.1, 0.15) is 6.29 Å². The molecule has 0 spiro atoms. The lowest BCUT2D eigenvalue weighted by Gasteiger charge is -2.34. The van der Waals surface area contributed by atoms with Crippen LogP contribution >= 0.6 is 0 Å². The number of piperidine rings is 1. The maximum absolute atomic E-state index is 10.9. The van der Waals surface area contributed by atoms with E-state index >= 15 is 0 Å². The zero-order chi connectivity index (χ0) is 10.6. The highest BCUT2D eigenvalue weighted by Crippen LogP contribution is 2.22. The van der Waals surface area contributed by atoms with Gasteiger partial charge >= 0.3 is 0 Å². The van der Waals surface area contributed by atoms with Gasteiger partial charge in [-0.15, -0.1) is 0 Å². The Labute approximate surface area is 87.7 Å². The zero-order valence-electron chi connectivity index (χ0n) is 9.75. The highest BCUT2D eigenvalue weighted by atomic mass is 16.1. The third-order valence-electron chi connectivity index (χ3n) is 2.97. The Morgan fingerprint density at radius 3 is 2.64 bits per heavy atom. The van der Waals surface area contributed by atoms with Crippen molar-refractivity contribution >= 4 is 6.29 Å². The summed E-state index contributed by atoms with van der Waals surface area (Å²) in [6, 6.07) is 0.200. The lowest BCUT2D eigenvalue weighted by atomic mass is 9.91. The molecule has 0 amide bonds. The van der Waals surface area contributed by atoms with E-state index in [1.54, 1.807) is 0 Å². The lowest BCUT2D eigenvalue weighted by molar-refractivity contribution is -0.113. The Hall–Kier alpha value is -0.370. The molecule has 1 saturated heterocycles. The number of nitrogens with zero attached hydrogens (tertiary/aromatic N) is 1. The molecule has 0 aromatic rings. The fraction of sp³-hybridized carbons (Fsp3) is 0.917. The van der Waals surface area contributed by atoms with Gasteiger partial charge in [-0.05, 0) is 37.8 Å². The predicted octanol–water partition coefficient (Wildman–Crippen LogP) is 2.48. The van der Waals surface area contributed by atoms with E-state index in [0.29, 0.717) is 5.41 Å². The predicted molar refractivity (Wildman–Crippen MR) is 59.3 cm³/mol. The average molecular weight is 197 g/mol. The van der Waals surface area contributed by atoms with Crippen LogP contribution in [0.15, 0.2) is 0 Å². The van der Waals surface area contributed by atoms with Gasteiger partial charge in [-0.2, -0.15) is 0 Å². The number of carbonyl (C=O) groups is 1. The minimum absolute atomic E-state index is 0.200. The van der Waals surface area contributed by atoms with Crippen molar-refractivity contribution in [3.8, 4) is 0 Å². The van der Waals surface area contributed by atoms with Crippen molar-refractivity contribution in [1.82, 2.24) is 4.90 Å². The van der Waals surface area contributed by atoms with E-state index in [-0.39, 0.29) is 6.04 Å². The molecule has 1 aliphatic rings. The number of rotatable bonds is 3. The van der Waals surface area contributed by atoms with Crippen LogP contribution in [0.4, 0.5) is 0 Å². The van der Waals surface area contributed by atoms with Crippen molar-refractivity contribution in [3.63, 3.8) is 0 Å². The van der Waals surface area contributed by atoms with E-state index in [1.165, 1.54) is 19.3 Å². The normalized spacial score (nSPS) is 24.9. The topological polar surface area (TPSA) is 20.3 Å². The molecule has 2 heteroatoms. The monoisotopic (exact) mass is 197 g/mol. The van der Waals surface area contributed by atoms with E-state index < -0.39 is 0 Å². The number of likely N-dealkylation sites (tertiary alicyclic amines) is 1. The quantitative estimate of drug-likeness (QED) is 0.648. The summed E-state index contributed by atoms with van der Waals surface area (Å²) in [5.41, 5.74) is 0.380. The second kappa shape index (κ2) is 4.92. The van der Waals surface area contributed by atoms with Gasteiger partial charge in [0.15, 0.2) is 0 Å². The fourth-order valence-electron chi connectivity index (χ4n) is 1.93. The molecular formula is C12H23NO. The maximum atomic E-state index is 10.9. The number of hydrogen-bond donors (Lipinski definition) is 0. The summed E-state index contributed by atoms with van der Waals surface area (Å²) >= 11 is 0. The van der Waals surface area contributed by atoms with Gasteiger partial charge in [-0.1, -0.05) is 27.2 Å². The van der Waals surface area contributed by atoms with Crippen molar-refractivity contribution < 1.29 is 4.79 Å². The van der Waals surface area contributed by atoms with Crippen LogP contribution in [0, 0.1) is 5.41 Å².